The predicted molar refractivity (Wildman–Crippen MR) is 97.9 cm³/mol. The van der Waals surface area contributed by atoms with Gasteiger partial charge in [-0.3, -0.25) is 9.80 Å². The first-order valence-electron chi connectivity index (χ1n) is 9.37. The summed E-state index contributed by atoms with van der Waals surface area (Å²) >= 11 is 0. The van der Waals surface area contributed by atoms with Crippen LogP contribution in [0, 0.1) is 0 Å². The second-order valence-electron chi connectivity index (χ2n) is 6.81. The number of benzene rings is 1. The fourth-order valence-corrected chi connectivity index (χ4v) is 3.36. The molecule has 0 radical (unpaired) electrons. The summed E-state index contributed by atoms with van der Waals surface area (Å²) in [5, 5.41) is 8.70. The molecular formula is C19H29N3O4. The van der Waals surface area contributed by atoms with E-state index in [9.17, 15) is 4.79 Å². The van der Waals surface area contributed by atoms with Gasteiger partial charge >= 0.3 is 6.09 Å². The van der Waals surface area contributed by atoms with E-state index in [0.29, 0.717) is 25.9 Å². The van der Waals surface area contributed by atoms with Gasteiger partial charge in [0, 0.05) is 51.9 Å². The lowest BCUT2D eigenvalue weighted by molar-refractivity contribution is -0.00557. The minimum atomic E-state index is -0.218. The zero-order valence-corrected chi connectivity index (χ0v) is 15.3. The van der Waals surface area contributed by atoms with Gasteiger partial charge in [0.25, 0.3) is 0 Å². The maximum Gasteiger partial charge on any atom is 0.410 e. The van der Waals surface area contributed by atoms with Gasteiger partial charge in [-0.15, -0.1) is 0 Å². The summed E-state index contributed by atoms with van der Waals surface area (Å²) in [5.41, 5.74) is 1.01. The van der Waals surface area contributed by atoms with Crippen LogP contribution in [-0.4, -0.2) is 97.6 Å². The zero-order chi connectivity index (χ0) is 18.2. The van der Waals surface area contributed by atoms with Crippen LogP contribution in [0.4, 0.5) is 4.79 Å². The number of rotatable bonds is 8. The van der Waals surface area contributed by atoms with E-state index in [0.717, 1.165) is 51.4 Å². The van der Waals surface area contributed by atoms with Crippen LogP contribution in [0.3, 0.4) is 0 Å². The highest BCUT2D eigenvalue weighted by Crippen LogP contribution is 2.18. The highest BCUT2D eigenvalue weighted by molar-refractivity contribution is 5.68. The SMILES string of the molecule is O=C(OCc1ccccc1)N1CC(N2CCN(CCOCCO)CC2)C1. The van der Waals surface area contributed by atoms with Crippen LogP contribution in [0.5, 0.6) is 0 Å². The van der Waals surface area contributed by atoms with Crippen LogP contribution < -0.4 is 0 Å². The predicted octanol–water partition coefficient (Wildman–Crippen LogP) is 0.634. The Kier molecular flexibility index (Phi) is 7.25. The third-order valence-corrected chi connectivity index (χ3v) is 5.04. The molecule has 0 bridgehead atoms. The molecule has 1 N–H and O–H groups in total. The monoisotopic (exact) mass is 363 g/mol. The van der Waals surface area contributed by atoms with Crippen LogP contribution in [0.1, 0.15) is 5.56 Å². The molecule has 26 heavy (non-hydrogen) atoms. The average Bonchev–Trinajstić information content (AvgIpc) is 2.64. The van der Waals surface area contributed by atoms with E-state index in [1.54, 1.807) is 4.90 Å². The minimum absolute atomic E-state index is 0.0831. The molecule has 1 aromatic carbocycles. The van der Waals surface area contributed by atoms with Crippen molar-refractivity contribution in [1.82, 2.24) is 14.7 Å². The number of likely N-dealkylation sites (tertiary alicyclic amines) is 1. The Hall–Kier alpha value is -1.67. The first-order chi connectivity index (χ1) is 12.8. The number of carbonyl (C=O) groups is 1. The second-order valence-corrected chi connectivity index (χ2v) is 6.81. The van der Waals surface area contributed by atoms with E-state index in [2.05, 4.69) is 9.80 Å². The van der Waals surface area contributed by atoms with Crippen LogP contribution in [0.15, 0.2) is 30.3 Å². The molecule has 0 aromatic heterocycles. The molecule has 2 saturated heterocycles. The zero-order valence-electron chi connectivity index (χ0n) is 15.3. The molecule has 7 nitrogen and oxygen atoms in total. The molecule has 0 spiro atoms. The van der Waals surface area contributed by atoms with Crippen LogP contribution in [-0.2, 0) is 16.1 Å². The van der Waals surface area contributed by atoms with E-state index in [4.69, 9.17) is 14.6 Å². The standard InChI is InChI=1S/C19H29N3O4/c23-11-13-25-12-10-20-6-8-21(9-7-20)18-14-22(15-18)19(24)26-16-17-4-2-1-3-5-17/h1-5,18,23H,6-16H2. The van der Waals surface area contributed by atoms with Crippen LogP contribution >= 0.6 is 0 Å². The number of aliphatic hydroxyl groups is 1. The Morgan fingerprint density at radius 1 is 1.08 bits per heavy atom. The average molecular weight is 363 g/mol. The lowest BCUT2D eigenvalue weighted by Crippen LogP contribution is -2.64. The highest BCUT2D eigenvalue weighted by Gasteiger charge is 2.36. The Balaban J connectivity index is 1.28. The van der Waals surface area contributed by atoms with Crippen molar-refractivity contribution < 1.29 is 19.4 Å². The summed E-state index contributed by atoms with van der Waals surface area (Å²) in [6, 6.07) is 10.2. The van der Waals surface area contributed by atoms with Gasteiger partial charge in [0.2, 0.25) is 0 Å². The maximum atomic E-state index is 12.1. The van der Waals surface area contributed by atoms with E-state index in [1.165, 1.54) is 0 Å². The van der Waals surface area contributed by atoms with Gasteiger partial charge < -0.3 is 19.5 Å². The van der Waals surface area contributed by atoms with Gasteiger partial charge in [0.15, 0.2) is 0 Å². The summed E-state index contributed by atoms with van der Waals surface area (Å²) in [6.45, 7) is 8.03. The van der Waals surface area contributed by atoms with Crippen molar-refractivity contribution >= 4 is 6.09 Å². The third kappa shape index (κ3) is 5.41. The third-order valence-electron chi connectivity index (χ3n) is 5.04. The molecule has 0 aliphatic carbocycles. The van der Waals surface area contributed by atoms with Crippen molar-refractivity contribution in [3.63, 3.8) is 0 Å². The number of aliphatic hydroxyl groups excluding tert-OH is 1. The summed E-state index contributed by atoms with van der Waals surface area (Å²) < 4.78 is 10.7. The number of hydrogen-bond acceptors (Lipinski definition) is 6. The number of piperazine rings is 1. The summed E-state index contributed by atoms with van der Waals surface area (Å²) in [6.07, 6.45) is -0.218. The second kappa shape index (κ2) is 9.87. The lowest BCUT2D eigenvalue weighted by atomic mass is 10.1. The van der Waals surface area contributed by atoms with E-state index in [-0.39, 0.29) is 12.7 Å². The van der Waals surface area contributed by atoms with Crippen molar-refractivity contribution in [1.29, 1.82) is 0 Å². The first kappa shape index (κ1) is 19.1. The Bertz CT molecular complexity index is 543. The van der Waals surface area contributed by atoms with Gasteiger partial charge in [0.05, 0.1) is 19.8 Å². The summed E-state index contributed by atoms with van der Waals surface area (Å²) in [7, 11) is 0. The maximum absolute atomic E-state index is 12.1. The Morgan fingerprint density at radius 2 is 1.81 bits per heavy atom. The lowest BCUT2D eigenvalue weighted by Gasteiger charge is -2.47. The Morgan fingerprint density at radius 3 is 2.50 bits per heavy atom. The molecule has 0 unspecified atom stereocenters. The molecule has 1 amide bonds. The molecule has 0 saturated carbocycles. The smallest absolute Gasteiger partial charge is 0.410 e. The van der Waals surface area contributed by atoms with Gasteiger partial charge in [-0.25, -0.2) is 4.79 Å². The van der Waals surface area contributed by atoms with Crippen LogP contribution in [0.2, 0.25) is 0 Å². The first-order valence-corrected chi connectivity index (χ1v) is 9.37. The van der Waals surface area contributed by atoms with Gasteiger partial charge in [-0.05, 0) is 5.56 Å². The number of nitrogens with zero attached hydrogens (tertiary/aromatic N) is 3. The number of amides is 1. The molecular weight excluding hydrogens is 334 g/mol. The topological polar surface area (TPSA) is 65.5 Å². The molecule has 0 atom stereocenters. The Labute approximate surface area is 155 Å². The van der Waals surface area contributed by atoms with Crippen molar-refractivity contribution in [3.8, 4) is 0 Å². The molecule has 3 rings (SSSR count). The van der Waals surface area contributed by atoms with E-state index >= 15 is 0 Å². The number of carbonyl (C=O) groups excluding carboxylic acids is 1. The number of ether oxygens (including phenoxy) is 2. The van der Waals surface area contributed by atoms with Crippen molar-refractivity contribution in [2.75, 3.05) is 65.6 Å². The quantitative estimate of drug-likeness (QED) is 0.684. The molecule has 2 aliphatic rings. The summed E-state index contributed by atoms with van der Waals surface area (Å²) in [5.74, 6) is 0. The molecule has 144 valence electrons. The van der Waals surface area contributed by atoms with Gasteiger partial charge in [-0.1, -0.05) is 30.3 Å². The fraction of sp³-hybridized carbons (Fsp3) is 0.632. The molecule has 1 aromatic rings. The highest BCUT2D eigenvalue weighted by atomic mass is 16.6. The van der Waals surface area contributed by atoms with Crippen molar-refractivity contribution in [2.24, 2.45) is 0 Å². The van der Waals surface area contributed by atoms with Gasteiger partial charge in [-0.2, -0.15) is 0 Å². The van der Waals surface area contributed by atoms with Gasteiger partial charge in [0.1, 0.15) is 6.61 Å². The molecule has 7 heteroatoms. The molecule has 2 heterocycles. The van der Waals surface area contributed by atoms with E-state index < -0.39 is 0 Å². The normalized spacial score (nSPS) is 19.3. The van der Waals surface area contributed by atoms with E-state index in [1.807, 2.05) is 30.3 Å². The van der Waals surface area contributed by atoms with Crippen molar-refractivity contribution in [2.45, 2.75) is 12.6 Å². The number of hydrogen-bond donors (Lipinski definition) is 1. The fourth-order valence-electron chi connectivity index (χ4n) is 3.36. The largest absolute Gasteiger partial charge is 0.445 e. The summed E-state index contributed by atoms with van der Waals surface area (Å²) in [4.78, 5) is 18.7. The van der Waals surface area contributed by atoms with Crippen LogP contribution in [0.25, 0.3) is 0 Å². The molecule has 2 aliphatic heterocycles. The molecule has 2 fully saturated rings. The minimum Gasteiger partial charge on any atom is -0.445 e. The van der Waals surface area contributed by atoms with Crippen molar-refractivity contribution in [3.05, 3.63) is 35.9 Å².